The van der Waals surface area contributed by atoms with Gasteiger partial charge in [0.25, 0.3) is 5.56 Å². The van der Waals surface area contributed by atoms with Crippen LogP contribution in [-0.2, 0) is 17.0 Å². The lowest BCUT2D eigenvalue weighted by molar-refractivity contribution is -0.120. The summed E-state index contributed by atoms with van der Waals surface area (Å²) in [7, 11) is 0. The van der Waals surface area contributed by atoms with Gasteiger partial charge < -0.3 is 10.3 Å². The van der Waals surface area contributed by atoms with Crippen LogP contribution in [0.5, 0.6) is 0 Å². The second-order valence-electron chi connectivity index (χ2n) is 5.38. The molecule has 2 rings (SSSR count). The molecule has 2 aromatic rings. The molecule has 1 aromatic heterocycles. The van der Waals surface area contributed by atoms with Gasteiger partial charge >= 0.3 is 0 Å². The molecule has 7 heteroatoms. The number of hydrogen-bond acceptors (Lipinski definition) is 4. The molecular weight excluding hydrogens is 329 g/mol. The van der Waals surface area contributed by atoms with E-state index in [0.29, 0.717) is 28.7 Å². The average molecular weight is 349 g/mol. The summed E-state index contributed by atoms with van der Waals surface area (Å²) in [5.74, 6) is 0.106. The quantitative estimate of drug-likeness (QED) is 0.595. The fourth-order valence-corrected chi connectivity index (χ4v) is 2.94. The van der Waals surface area contributed by atoms with Gasteiger partial charge in [-0.2, -0.15) is 0 Å². The summed E-state index contributed by atoms with van der Waals surface area (Å²) in [6, 6.07) is 6.18. The smallest absolute Gasteiger partial charge is 0.255 e. The summed E-state index contributed by atoms with van der Waals surface area (Å²) in [5, 5.41) is 3.23. The molecule has 128 valence electrons. The molecule has 1 aromatic carbocycles. The molecule has 0 bridgehead atoms. The minimum absolute atomic E-state index is 0.0249. The van der Waals surface area contributed by atoms with Crippen molar-refractivity contribution in [2.45, 2.75) is 37.6 Å². The summed E-state index contributed by atoms with van der Waals surface area (Å²) < 4.78 is 12.9. The van der Waals surface area contributed by atoms with E-state index in [4.69, 9.17) is 0 Å². The molecule has 0 atom stereocenters. The second kappa shape index (κ2) is 8.63. The third-order valence-corrected chi connectivity index (χ3v) is 4.34. The van der Waals surface area contributed by atoms with Crippen molar-refractivity contribution in [2.75, 3.05) is 6.54 Å². The topological polar surface area (TPSA) is 74.8 Å². The maximum Gasteiger partial charge on any atom is 0.255 e. The zero-order chi connectivity index (χ0) is 17.5. The van der Waals surface area contributed by atoms with Gasteiger partial charge in [0.2, 0.25) is 5.91 Å². The molecular formula is C17H20FN3O2S. The zero-order valence-corrected chi connectivity index (χ0v) is 14.5. The van der Waals surface area contributed by atoms with Crippen LogP contribution in [0.2, 0.25) is 0 Å². The van der Waals surface area contributed by atoms with Gasteiger partial charge in [-0.1, -0.05) is 30.8 Å². The Morgan fingerprint density at radius 1 is 1.33 bits per heavy atom. The van der Waals surface area contributed by atoms with Crippen LogP contribution < -0.4 is 10.9 Å². The minimum Gasteiger partial charge on any atom is -0.356 e. The van der Waals surface area contributed by atoms with Crippen molar-refractivity contribution in [1.82, 2.24) is 15.3 Å². The third kappa shape index (κ3) is 5.19. The highest BCUT2D eigenvalue weighted by Gasteiger charge is 2.12. The zero-order valence-electron chi connectivity index (χ0n) is 13.7. The van der Waals surface area contributed by atoms with Crippen LogP contribution in [0.25, 0.3) is 0 Å². The van der Waals surface area contributed by atoms with Crippen molar-refractivity contribution in [3.63, 3.8) is 0 Å². The average Bonchev–Trinajstić information content (AvgIpc) is 2.56. The van der Waals surface area contributed by atoms with Gasteiger partial charge in [0.05, 0.1) is 6.42 Å². The summed E-state index contributed by atoms with van der Waals surface area (Å²) in [6.45, 7) is 4.28. The first kappa shape index (κ1) is 18.2. The largest absolute Gasteiger partial charge is 0.356 e. The fraction of sp³-hybridized carbons (Fsp3) is 0.353. The van der Waals surface area contributed by atoms with Crippen molar-refractivity contribution < 1.29 is 9.18 Å². The molecule has 0 radical (unpaired) electrons. The minimum atomic E-state index is -0.296. The van der Waals surface area contributed by atoms with Crippen LogP contribution in [0.3, 0.4) is 0 Å². The second-order valence-corrected chi connectivity index (χ2v) is 6.34. The Bertz CT molecular complexity index is 759. The van der Waals surface area contributed by atoms with E-state index in [0.717, 1.165) is 12.0 Å². The monoisotopic (exact) mass is 349 g/mol. The van der Waals surface area contributed by atoms with E-state index in [2.05, 4.69) is 15.3 Å². The SMILES string of the molecule is CCCNC(=O)Cc1c(C)nc(SCc2ccc(F)cc2)[nH]c1=O. The number of aromatic amines is 1. The van der Waals surface area contributed by atoms with Crippen molar-refractivity contribution in [2.24, 2.45) is 0 Å². The van der Waals surface area contributed by atoms with Crippen LogP contribution in [-0.4, -0.2) is 22.4 Å². The van der Waals surface area contributed by atoms with Crippen LogP contribution in [0, 0.1) is 12.7 Å². The third-order valence-electron chi connectivity index (χ3n) is 3.40. The van der Waals surface area contributed by atoms with E-state index in [1.54, 1.807) is 19.1 Å². The first-order valence-corrected chi connectivity index (χ1v) is 8.72. The lowest BCUT2D eigenvalue weighted by Crippen LogP contribution is -2.29. The highest BCUT2D eigenvalue weighted by molar-refractivity contribution is 7.98. The van der Waals surface area contributed by atoms with Gasteiger partial charge in [0.15, 0.2) is 5.16 Å². The van der Waals surface area contributed by atoms with Crippen molar-refractivity contribution in [1.29, 1.82) is 0 Å². The Labute approximate surface area is 144 Å². The van der Waals surface area contributed by atoms with E-state index >= 15 is 0 Å². The van der Waals surface area contributed by atoms with Crippen LogP contribution in [0.4, 0.5) is 4.39 Å². The number of nitrogens with one attached hydrogen (secondary N) is 2. The Morgan fingerprint density at radius 2 is 2.04 bits per heavy atom. The molecule has 0 saturated carbocycles. The van der Waals surface area contributed by atoms with Crippen molar-refractivity contribution in [3.05, 3.63) is 57.3 Å². The van der Waals surface area contributed by atoms with Gasteiger partial charge in [-0.25, -0.2) is 9.37 Å². The highest BCUT2D eigenvalue weighted by Crippen LogP contribution is 2.19. The normalized spacial score (nSPS) is 10.6. The number of amides is 1. The number of thioether (sulfide) groups is 1. The van der Waals surface area contributed by atoms with Gasteiger partial charge in [0.1, 0.15) is 5.82 Å². The molecule has 0 spiro atoms. The molecule has 1 heterocycles. The van der Waals surface area contributed by atoms with Gasteiger partial charge in [-0.3, -0.25) is 9.59 Å². The Morgan fingerprint density at radius 3 is 2.67 bits per heavy atom. The Balaban J connectivity index is 2.04. The maximum atomic E-state index is 12.9. The molecule has 0 aliphatic rings. The number of carbonyl (C=O) groups is 1. The van der Waals surface area contributed by atoms with E-state index in [1.807, 2.05) is 6.92 Å². The number of halogens is 1. The Kier molecular flexibility index (Phi) is 6.54. The number of aryl methyl sites for hydroxylation is 1. The van der Waals surface area contributed by atoms with Crippen LogP contribution in [0.15, 0.2) is 34.2 Å². The Hall–Kier alpha value is -2.15. The summed E-state index contributed by atoms with van der Waals surface area (Å²) >= 11 is 1.36. The number of H-pyrrole nitrogens is 1. The first-order valence-electron chi connectivity index (χ1n) is 7.73. The predicted octanol–water partition coefficient (Wildman–Crippen LogP) is 2.58. The van der Waals surface area contributed by atoms with Crippen molar-refractivity contribution in [3.8, 4) is 0 Å². The number of nitrogens with zero attached hydrogens (tertiary/aromatic N) is 1. The van der Waals surface area contributed by atoms with E-state index < -0.39 is 0 Å². The summed E-state index contributed by atoms with van der Waals surface area (Å²) in [5.41, 5.74) is 1.57. The molecule has 2 N–H and O–H groups in total. The molecule has 5 nitrogen and oxygen atoms in total. The summed E-state index contributed by atoms with van der Waals surface area (Å²) in [4.78, 5) is 31.0. The van der Waals surface area contributed by atoms with E-state index in [9.17, 15) is 14.0 Å². The number of carbonyl (C=O) groups excluding carboxylic acids is 1. The first-order chi connectivity index (χ1) is 11.5. The van der Waals surface area contributed by atoms with Crippen molar-refractivity contribution >= 4 is 17.7 Å². The van der Waals surface area contributed by atoms with Crippen LogP contribution in [0.1, 0.15) is 30.2 Å². The number of aromatic nitrogens is 2. The molecule has 0 fully saturated rings. The molecule has 0 aliphatic heterocycles. The lowest BCUT2D eigenvalue weighted by Gasteiger charge is -2.08. The molecule has 0 aliphatic carbocycles. The molecule has 0 unspecified atom stereocenters. The van der Waals surface area contributed by atoms with Crippen LogP contribution >= 0.6 is 11.8 Å². The number of hydrogen-bond donors (Lipinski definition) is 2. The van der Waals surface area contributed by atoms with Gasteiger partial charge in [-0.15, -0.1) is 0 Å². The highest BCUT2D eigenvalue weighted by atomic mass is 32.2. The number of benzene rings is 1. The standard InChI is InChI=1S/C17H20FN3O2S/c1-3-8-19-15(22)9-14-11(2)20-17(21-16(14)23)24-10-12-4-6-13(18)7-5-12/h4-7H,3,8-10H2,1-2H3,(H,19,22)(H,20,21,23). The number of rotatable bonds is 7. The predicted molar refractivity (Wildman–Crippen MR) is 92.6 cm³/mol. The fourth-order valence-electron chi connectivity index (χ4n) is 2.08. The molecule has 1 amide bonds. The van der Waals surface area contributed by atoms with E-state index in [-0.39, 0.29) is 23.7 Å². The van der Waals surface area contributed by atoms with Gasteiger partial charge in [0, 0.05) is 23.6 Å². The lowest BCUT2D eigenvalue weighted by atomic mass is 10.1. The van der Waals surface area contributed by atoms with E-state index in [1.165, 1.54) is 23.9 Å². The summed E-state index contributed by atoms with van der Waals surface area (Å²) in [6.07, 6.45) is 0.870. The molecule has 24 heavy (non-hydrogen) atoms. The van der Waals surface area contributed by atoms with Gasteiger partial charge in [-0.05, 0) is 31.0 Å². The molecule has 0 saturated heterocycles. The maximum absolute atomic E-state index is 12.9.